The topological polar surface area (TPSA) is 50.1 Å². The number of rotatable bonds is 4. The van der Waals surface area contributed by atoms with Gasteiger partial charge in [0.1, 0.15) is 17.3 Å². The fourth-order valence-electron chi connectivity index (χ4n) is 4.39. The number of aromatic nitrogens is 2. The molecule has 0 saturated carbocycles. The van der Waals surface area contributed by atoms with Gasteiger partial charge in [-0.15, -0.1) is 0 Å². The van der Waals surface area contributed by atoms with Crippen molar-refractivity contribution in [1.82, 2.24) is 14.3 Å². The van der Waals surface area contributed by atoms with Gasteiger partial charge in [0.25, 0.3) is 0 Å². The summed E-state index contributed by atoms with van der Waals surface area (Å²) in [6.45, 7) is 4.14. The van der Waals surface area contributed by atoms with Crippen molar-refractivity contribution < 1.29 is 18.3 Å². The van der Waals surface area contributed by atoms with Crippen LogP contribution >= 0.6 is 0 Å². The first-order chi connectivity index (χ1) is 15.4. The minimum Gasteiger partial charge on any atom is -0.375 e. The number of ether oxygens (including phenoxy) is 1. The van der Waals surface area contributed by atoms with Crippen LogP contribution in [0.25, 0.3) is 16.9 Å². The van der Waals surface area contributed by atoms with Gasteiger partial charge in [-0.25, -0.2) is 13.8 Å². The van der Waals surface area contributed by atoms with E-state index in [4.69, 9.17) is 4.74 Å². The summed E-state index contributed by atoms with van der Waals surface area (Å²) in [5, 5.41) is 0. The van der Waals surface area contributed by atoms with Crippen molar-refractivity contribution in [3.05, 3.63) is 65.6 Å². The molecule has 32 heavy (non-hydrogen) atoms. The number of amides is 1. The van der Waals surface area contributed by atoms with Gasteiger partial charge in [-0.3, -0.25) is 9.69 Å². The molecule has 1 saturated heterocycles. The van der Waals surface area contributed by atoms with Crippen LogP contribution in [0.2, 0.25) is 0 Å². The van der Waals surface area contributed by atoms with Crippen LogP contribution in [-0.2, 0) is 16.0 Å². The van der Waals surface area contributed by atoms with Gasteiger partial charge in [0.05, 0.1) is 35.3 Å². The molecule has 5 rings (SSSR count). The molecule has 1 atom stereocenters. The number of aryl methyl sites for hydroxylation is 1. The van der Waals surface area contributed by atoms with Gasteiger partial charge in [0, 0.05) is 38.3 Å². The van der Waals surface area contributed by atoms with Crippen molar-refractivity contribution in [3.63, 3.8) is 0 Å². The van der Waals surface area contributed by atoms with Crippen molar-refractivity contribution >= 4 is 17.2 Å². The monoisotopic (exact) mass is 438 g/mol. The minimum absolute atomic E-state index is 0.105. The Morgan fingerprint density at radius 2 is 2.00 bits per heavy atom. The van der Waals surface area contributed by atoms with E-state index in [-0.39, 0.29) is 35.4 Å². The third kappa shape index (κ3) is 3.69. The van der Waals surface area contributed by atoms with Gasteiger partial charge in [-0.1, -0.05) is 6.08 Å². The molecule has 0 radical (unpaired) electrons. The number of halogens is 2. The lowest BCUT2D eigenvalue weighted by Gasteiger charge is -2.30. The highest BCUT2D eigenvalue weighted by Gasteiger charge is 2.27. The summed E-state index contributed by atoms with van der Waals surface area (Å²) >= 11 is 0. The number of anilines is 1. The van der Waals surface area contributed by atoms with Crippen LogP contribution in [0.1, 0.15) is 17.7 Å². The number of imidazole rings is 1. The second-order valence-corrected chi connectivity index (χ2v) is 8.44. The number of benzene rings is 1. The number of pyridine rings is 1. The Kier molecular flexibility index (Phi) is 5.27. The largest absolute Gasteiger partial charge is 0.375 e. The first-order valence-corrected chi connectivity index (χ1v) is 10.7. The molecule has 1 aromatic carbocycles. The van der Waals surface area contributed by atoms with E-state index in [1.807, 2.05) is 36.7 Å². The molecule has 0 N–H and O–H groups in total. The summed E-state index contributed by atoms with van der Waals surface area (Å²) in [6.07, 6.45) is 5.66. The van der Waals surface area contributed by atoms with Crippen LogP contribution in [0.3, 0.4) is 0 Å². The molecule has 1 fully saturated rings. The first-order valence-electron chi connectivity index (χ1n) is 10.7. The highest BCUT2D eigenvalue weighted by atomic mass is 19.1. The third-order valence-electron chi connectivity index (χ3n) is 6.00. The Hall–Kier alpha value is -3.10. The smallest absolute Gasteiger partial charge is 0.234 e. The van der Waals surface area contributed by atoms with E-state index in [0.29, 0.717) is 24.4 Å². The van der Waals surface area contributed by atoms with Crippen molar-refractivity contribution in [1.29, 1.82) is 0 Å². The Balaban J connectivity index is 1.61. The zero-order chi connectivity index (χ0) is 22.4. The van der Waals surface area contributed by atoms with Crippen LogP contribution in [0.5, 0.6) is 0 Å². The van der Waals surface area contributed by atoms with Gasteiger partial charge < -0.3 is 14.0 Å². The average molecular weight is 438 g/mol. The summed E-state index contributed by atoms with van der Waals surface area (Å²) in [7, 11) is 2.03. The molecule has 6 nitrogen and oxygen atoms in total. The SMILES string of the molecule is Cc1ccn2c(CC3CN(C)CCO3)c(-c3c(F)cc(N4C=CCC4=O)cc3F)nc2c1. The fourth-order valence-corrected chi connectivity index (χ4v) is 4.39. The number of nitrogens with zero attached hydrogens (tertiary/aromatic N) is 4. The Morgan fingerprint density at radius 1 is 1.22 bits per heavy atom. The standard InChI is InChI=1S/C24H24F2N4O2/c1-15-5-7-30-20(13-17-14-28(2)8-9-32-17)24(27-21(30)10-15)23-18(25)11-16(12-19(23)26)29-6-3-4-22(29)31/h3,5-7,10-12,17H,4,8-9,13-14H2,1-2H3. The third-order valence-corrected chi connectivity index (χ3v) is 6.00. The summed E-state index contributed by atoms with van der Waals surface area (Å²) in [6, 6.07) is 6.21. The van der Waals surface area contributed by atoms with Crippen LogP contribution in [0.4, 0.5) is 14.5 Å². The predicted molar refractivity (Wildman–Crippen MR) is 117 cm³/mol. The lowest BCUT2D eigenvalue weighted by molar-refractivity contribution is -0.116. The van der Waals surface area contributed by atoms with Gasteiger partial charge in [0.2, 0.25) is 5.91 Å². The highest BCUT2D eigenvalue weighted by molar-refractivity contribution is 5.98. The van der Waals surface area contributed by atoms with Gasteiger partial charge in [-0.2, -0.15) is 0 Å². The van der Waals surface area contributed by atoms with Gasteiger partial charge >= 0.3 is 0 Å². The van der Waals surface area contributed by atoms with Crippen LogP contribution in [-0.4, -0.2) is 53.0 Å². The van der Waals surface area contributed by atoms with E-state index < -0.39 is 11.6 Å². The lowest BCUT2D eigenvalue weighted by Crippen LogP contribution is -2.41. The summed E-state index contributed by atoms with van der Waals surface area (Å²) in [5.41, 5.74) is 2.57. The molecule has 2 aromatic heterocycles. The van der Waals surface area contributed by atoms with Crippen molar-refractivity contribution in [2.75, 3.05) is 31.6 Å². The number of carbonyl (C=O) groups is 1. The van der Waals surface area contributed by atoms with Crippen molar-refractivity contribution in [3.8, 4) is 11.3 Å². The van der Waals surface area contributed by atoms with Crippen molar-refractivity contribution in [2.24, 2.45) is 0 Å². The van der Waals surface area contributed by atoms with Crippen LogP contribution in [0, 0.1) is 18.6 Å². The van der Waals surface area contributed by atoms with Crippen LogP contribution < -0.4 is 4.90 Å². The molecule has 4 heterocycles. The maximum atomic E-state index is 15.3. The number of hydrogen-bond acceptors (Lipinski definition) is 4. The number of carbonyl (C=O) groups excluding carboxylic acids is 1. The molecule has 1 unspecified atom stereocenters. The maximum Gasteiger partial charge on any atom is 0.234 e. The molecule has 0 aliphatic carbocycles. The highest BCUT2D eigenvalue weighted by Crippen LogP contribution is 2.34. The summed E-state index contributed by atoms with van der Waals surface area (Å²) in [5.74, 6) is -1.73. The fraction of sp³-hybridized carbons (Fsp3) is 0.333. The molecule has 0 bridgehead atoms. The second kappa shape index (κ2) is 8.11. The van der Waals surface area contributed by atoms with Crippen LogP contribution in [0.15, 0.2) is 42.7 Å². The lowest BCUT2D eigenvalue weighted by atomic mass is 10.0. The number of fused-ring (bicyclic) bond motifs is 1. The quantitative estimate of drug-likeness (QED) is 0.623. The number of likely N-dealkylation sites (N-methyl/N-ethyl adjacent to an activating group) is 1. The maximum absolute atomic E-state index is 15.3. The average Bonchev–Trinajstić information content (AvgIpc) is 3.31. The molecule has 0 spiro atoms. The van der Waals surface area contributed by atoms with E-state index in [1.54, 1.807) is 6.08 Å². The Bertz CT molecular complexity index is 1210. The zero-order valence-electron chi connectivity index (χ0n) is 18.0. The molecule has 8 heteroatoms. The summed E-state index contributed by atoms with van der Waals surface area (Å²) < 4.78 is 38.4. The second-order valence-electron chi connectivity index (χ2n) is 8.44. The molecule has 166 valence electrons. The van der Waals surface area contributed by atoms with Gasteiger partial charge in [-0.05, 0) is 43.8 Å². The molecular weight excluding hydrogens is 414 g/mol. The molecular formula is C24H24F2N4O2. The minimum atomic E-state index is -0.754. The Morgan fingerprint density at radius 3 is 2.69 bits per heavy atom. The Labute approximate surface area is 184 Å². The van der Waals surface area contributed by atoms with Crippen molar-refractivity contribution in [2.45, 2.75) is 25.9 Å². The van der Waals surface area contributed by atoms with Gasteiger partial charge in [0.15, 0.2) is 0 Å². The molecule has 2 aliphatic rings. The molecule has 3 aromatic rings. The molecule has 1 amide bonds. The number of morpholine rings is 1. The first kappa shape index (κ1) is 20.8. The van der Waals surface area contributed by atoms with E-state index in [0.717, 1.165) is 18.7 Å². The predicted octanol–water partition coefficient (Wildman–Crippen LogP) is 3.71. The molecule has 2 aliphatic heterocycles. The zero-order valence-corrected chi connectivity index (χ0v) is 18.0. The normalized spacial score (nSPS) is 19.4. The van der Waals surface area contributed by atoms with E-state index in [1.165, 1.54) is 23.2 Å². The van der Waals surface area contributed by atoms with E-state index in [2.05, 4.69) is 9.88 Å². The number of hydrogen-bond donors (Lipinski definition) is 0. The van der Waals surface area contributed by atoms with E-state index in [9.17, 15) is 4.79 Å². The summed E-state index contributed by atoms with van der Waals surface area (Å²) in [4.78, 5) is 20.0. The van der Waals surface area contributed by atoms with E-state index >= 15 is 8.78 Å².